The lowest BCUT2D eigenvalue weighted by atomic mass is 10.1. The molecule has 0 saturated carbocycles. The molecule has 1 rings (SSSR count). The van der Waals surface area contributed by atoms with Crippen molar-refractivity contribution in [1.82, 2.24) is 4.98 Å². The molecule has 0 fully saturated rings. The zero-order valence-electron chi connectivity index (χ0n) is 9.05. The maximum absolute atomic E-state index is 12.2. The molecule has 2 nitrogen and oxygen atoms in total. The van der Waals surface area contributed by atoms with E-state index in [1.165, 1.54) is 6.07 Å². The Morgan fingerprint density at radius 3 is 2.38 bits per heavy atom. The van der Waals surface area contributed by atoms with Crippen LogP contribution in [0.3, 0.4) is 0 Å². The lowest BCUT2D eigenvalue weighted by molar-refractivity contribution is -0.137. The van der Waals surface area contributed by atoms with Gasteiger partial charge in [0.15, 0.2) is 0 Å². The number of nitrogens with zero attached hydrogens (tertiary/aromatic N) is 1. The van der Waals surface area contributed by atoms with Crippen LogP contribution >= 0.6 is 0 Å². The van der Waals surface area contributed by atoms with Gasteiger partial charge in [0, 0.05) is 6.20 Å². The van der Waals surface area contributed by atoms with Gasteiger partial charge in [0.25, 0.3) is 0 Å². The summed E-state index contributed by atoms with van der Waals surface area (Å²) in [6, 6.07) is 1.82. The highest BCUT2D eigenvalue weighted by atomic mass is 19.4. The van der Waals surface area contributed by atoms with Gasteiger partial charge >= 0.3 is 6.18 Å². The monoisotopic (exact) mass is 230 g/mol. The minimum absolute atomic E-state index is 0.425. The van der Waals surface area contributed by atoms with E-state index in [2.05, 4.69) is 4.98 Å². The summed E-state index contributed by atoms with van der Waals surface area (Å²) in [4.78, 5) is 3.71. The van der Waals surface area contributed by atoms with Gasteiger partial charge < -0.3 is 5.73 Å². The van der Waals surface area contributed by atoms with Crippen molar-refractivity contribution in [3.63, 3.8) is 0 Å². The standard InChI is InChI=1S/C11H13F3N2/c1-7(2)5-9(15)10-4-3-8(6-16-10)11(12,13)14/h3-6,9H,15H2,1-2H3. The molecule has 1 heterocycles. The van der Waals surface area contributed by atoms with Crippen molar-refractivity contribution >= 4 is 0 Å². The molecule has 1 aromatic rings. The maximum atomic E-state index is 12.2. The van der Waals surface area contributed by atoms with Crippen LogP contribution in [0.25, 0.3) is 0 Å². The van der Waals surface area contributed by atoms with Gasteiger partial charge in [-0.25, -0.2) is 0 Å². The molecule has 88 valence electrons. The first kappa shape index (κ1) is 12.7. The summed E-state index contributed by atoms with van der Waals surface area (Å²) < 4.78 is 36.7. The van der Waals surface area contributed by atoms with E-state index in [4.69, 9.17) is 5.73 Å². The lowest BCUT2D eigenvalue weighted by Gasteiger charge is -2.09. The number of hydrogen-bond donors (Lipinski definition) is 1. The molecule has 1 atom stereocenters. The van der Waals surface area contributed by atoms with Crippen LogP contribution in [-0.2, 0) is 6.18 Å². The second-order valence-electron chi connectivity index (χ2n) is 3.74. The average Bonchev–Trinajstić information content (AvgIpc) is 2.15. The Morgan fingerprint density at radius 2 is 2.00 bits per heavy atom. The van der Waals surface area contributed by atoms with Gasteiger partial charge in [-0.1, -0.05) is 11.6 Å². The molecular weight excluding hydrogens is 217 g/mol. The number of pyridine rings is 1. The quantitative estimate of drug-likeness (QED) is 0.793. The summed E-state index contributed by atoms with van der Waals surface area (Å²) in [5.74, 6) is 0. The first-order valence-corrected chi connectivity index (χ1v) is 4.74. The molecule has 0 radical (unpaired) electrons. The summed E-state index contributed by atoms with van der Waals surface area (Å²) in [5.41, 5.74) is 6.39. The van der Waals surface area contributed by atoms with Gasteiger partial charge in [-0.15, -0.1) is 0 Å². The van der Waals surface area contributed by atoms with Gasteiger partial charge in [0.1, 0.15) is 0 Å². The average molecular weight is 230 g/mol. The van der Waals surface area contributed by atoms with Crippen molar-refractivity contribution in [2.75, 3.05) is 0 Å². The summed E-state index contributed by atoms with van der Waals surface area (Å²) in [6.07, 6.45) is -1.81. The zero-order valence-corrected chi connectivity index (χ0v) is 9.05. The topological polar surface area (TPSA) is 38.9 Å². The SMILES string of the molecule is CC(C)=CC(N)c1ccc(C(F)(F)F)cn1. The van der Waals surface area contributed by atoms with Gasteiger partial charge in [-0.3, -0.25) is 4.98 Å². The molecule has 5 heteroatoms. The third kappa shape index (κ3) is 3.34. The number of alkyl halides is 3. The minimum Gasteiger partial charge on any atom is -0.319 e. The smallest absolute Gasteiger partial charge is 0.319 e. The first-order valence-electron chi connectivity index (χ1n) is 4.74. The number of hydrogen-bond acceptors (Lipinski definition) is 2. The third-order valence-electron chi connectivity index (χ3n) is 1.97. The third-order valence-corrected chi connectivity index (χ3v) is 1.97. The predicted molar refractivity (Wildman–Crippen MR) is 55.6 cm³/mol. The first-order chi connectivity index (χ1) is 7.30. The van der Waals surface area contributed by atoms with E-state index in [-0.39, 0.29) is 0 Å². The van der Waals surface area contributed by atoms with Crippen molar-refractivity contribution in [3.8, 4) is 0 Å². The molecule has 0 aliphatic heterocycles. The van der Waals surface area contributed by atoms with E-state index in [1.807, 2.05) is 13.8 Å². The Morgan fingerprint density at radius 1 is 1.38 bits per heavy atom. The predicted octanol–water partition coefficient (Wildman–Crippen LogP) is 3.07. The number of rotatable bonds is 2. The van der Waals surface area contributed by atoms with Crippen LogP contribution in [-0.4, -0.2) is 4.98 Å². The number of halogens is 3. The highest BCUT2D eigenvalue weighted by Crippen LogP contribution is 2.28. The fourth-order valence-corrected chi connectivity index (χ4v) is 1.21. The maximum Gasteiger partial charge on any atom is 0.417 e. The Kier molecular flexibility index (Phi) is 3.70. The van der Waals surface area contributed by atoms with Gasteiger partial charge in [-0.05, 0) is 26.0 Å². The highest BCUT2D eigenvalue weighted by Gasteiger charge is 2.30. The van der Waals surface area contributed by atoms with Crippen LogP contribution in [0, 0.1) is 0 Å². The second kappa shape index (κ2) is 4.65. The molecular formula is C11H13F3N2. The van der Waals surface area contributed by atoms with E-state index < -0.39 is 17.8 Å². The fourth-order valence-electron chi connectivity index (χ4n) is 1.21. The van der Waals surface area contributed by atoms with E-state index >= 15 is 0 Å². The normalized spacial score (nSPS) is 13.4. The van der Waals surface area contributed by atoms with Gasteiger partial charge in [-0.2, -0.15) is 13.2 Å². The van der Waals surface area contributed by atoms with Crippen molar-refractivity contribution < 1.29 is 13.2 Å². The molecule has 0 aliphatic carbocycles. The van der Waals surface area contributed by atoms with Crippen LogP contribution in [0.5, 0.6) is 0 Å². The van der Waals surface area contributed by atoms with Crippen LogP contribution in [0.1, 0.15) is 31.1 Å². The number of aromatic nitrogens is 1. The van der Waals surface area contributed by atoms with Crippen molar-refractivity contribution in [3.05, 3.63) is 41.2 Å². The fraction of sp³-hybridized carbons (Fsp3) is 0.364. The van der Waals surface area contributed by atoms with Crippen LogP contribution < -0.4 is 5.73 Å². The van der Waals surface area contributed by atoms with Crippen LogP contribution in [0.2, 0.25) is 0 Å². The number of nitrogens with two attached hydrogens (primary N) is 1. The molecule has 2 N–H and O–H groups in total. The molecule has 1 aromatic heterocycles. The summed E-state index contributed by atoms with van der Waals surface area (Å²) in [6.45, 7) is 3.73. The molecule has 0 aliphatic rings. The Hall–Kier alpha value is -1.36. The Balaban J connectivity index is 2.91. The molecule has 0 spiro atoms. The number of allylic oxidation sites excluding steroid dienone is 1. The largest absolute Gasteiger partial charge is 0.417 e. The molecule has 0 bridgehead atoms. The zero-order chi connectivity index (χ0) is 12.3. The summed E-state index contributed by atoms with van der Waals surface area (Å²) in [5, 5.41) is 0. The second-order valence-corrected chi connectivity index (χ2v) is 3.74. The lowest BCUT2D eigenvalue weighted by Crippen LogP contribution is -2.11. The van der Waals surface area contributed by atoms with Crippen molar-refractivity contribution in [2.45, 2.75) is 26.1 Å². The van der Waals surface area contributed by atoms with E-state index in [0.717, 1.165) is 17.8 Å². The van der Waals surface area contributed by atoms with Gasteiger partial charge in [0.2, 0.25) is 0 Å². The summed E-state index contributed by atoms with van der Waals surface area (Å²) >= 11 is 0. The van der Waals surface area contributed by atoms with E-state index in [0.29, 0.717) is 5.69 Å². The summed E-state index contributed by atoms with van der Waals surface area (Å²) in [7, 11) is 0. The van der Waals surface area contributed by atoms with Crippen LogP contribution in [0.15, 0.2) is 30.0 Å². The Labute approximate surface area is 92.0 Å². The van der Waals surface area contributed by atoms with Crippen molar-refractivity contribution in [2.24, 2.45) is 5.73 Å². The van der Waals surface area contributed by atoms with E-state index in [1.54, 1.807) is 6.08 Å². The Bertz CT molecular complexity index is 375. The molecule has 0 aromatic carbocycles. The molecule has 0 amide bonds. The van der Waals surface area contributed by atoms with Crippen molar-refractivity contribution in [1.29, 1.82) is 0 Å². The minimum atomic E-state index is -4.36. The van der Waals surface area contributed by atoms with E-state index in [9.17, 15) is 13.2 Å². The molecule has 0 saturated heterocycles. The molecule has 16 heavy (non-hydrogen) atoms. The van der Waals surface area contributed by atoms with Gasteiger partial charge in [0.05, 0.1) is 17.3 Å². The molecule has 1 unspecified atom stereocenters. The van der Waals surface area contributed by atoms with Crippen LogP contribution in [0.4, 0.5) is 13.2 Å². The highest BCUT2D eigenvalue weighted by molar-refractivity contribution is 5.21.